The van der Waals surface area contributed by atoms with Gasteiger partial charge in [0.25, 0.3) is 0 Å². The van der Waals surface area contributed by atoms with Crippen LogP contribution in [0.25, 0.3) is 0 Å². The van der Waals surface area contributed by atoms with Gasteiger partial charge < -0.3 is 10.5 Å². The summed E-state index contributed by atoms with van der Waals surface area (Å²) in [5, 5.41) is 7.08. The SMILES string of the molecule is COC(=O)C(N)CCSc1n[nH]c(=O)n1C1CC1. The van der Waals surface area contributed by atoms with E-state index in [-0.39, 0.29) is 11.7 Å². The van der Waals surface area contributed by atoms with E-state index < -0.39 is 12.0 Å². The summed E-state index contributed by atoms with van der Waals surface area (Å²) in [7, 11) is 1.31. The fraction of sp³-hybridized carbons (Fsp3) is 0.700. The highest BCUT2D eigenvalue weighted by molar-refractivity contribution is 7.99. The van der Waals surface area contributed by atoms with Crippen LogP contribution in [-0.4, -0.2) is 39.6 Å². The lowest BCUT2D eigenvalue weighted by molar-refractivity contribution is -0.142. The minimum absolute atomic E-state index is 0.169. The first kappa shape index (κ1) is 13.2. The van der Waals surface area contributed by atoms with Crippen LogP contribution in [0.4, 0.5) is 0 Å². The third-order valence-corrected chi connectivity index (χ3v) is 3.73. The molecule has 1 aliphatic carbocycles. The van der Waals surface area contributed by atoms with Gasteiger partial charge in [0.1, 0.15) is 6.04 Å². The smallest absolute Gasteiger partial charge is 0.344 e. The van der Waals surface area contributed by atoms with Crippen LogP contribution < -0.4 is 11.4 Å². The Bertz CT molecular complexity index is 480. The van der Waals surface area contributed by atoms with Crippen molar-refractivity contribution in [1.82, 2.24) is 14.8 Å². The molecule has 100 valence electrons. The Kier molecular flexibility index (Phi) is 4.07. The van der Waals surface area contributed by atoms with E-state index in [4.69, 9.17) is 5.73 Å². The lowest BCUT2D eigenvalue weighted by atomic mass is 10.2. The van der Waals surface area contributed by atoms with Crippen LogP contribution in [0, 0.1) is 0 Å². The molecule has 1 fully saturated rings. The van der Waals surface area contributed by atoms with Crippen LogP contribution in [0.1, 0.15) is 25.3 Å². The van der Waals surface area contributed by atoms with Gasteiger partial charge in [0.15, 0.2) is 5.16 Å². The van der Waals surface area contributed by atoms with E-state index in [0.717, 1.165) is 12.8 Å². The molecular weight excluding hydrogens is 256 g/mol. The largest absolute Gasteiger partial charge is 0.468 e. The number of rotatable bonds is 6. The van der Waals surface area contributed by atoms with Crippen LogP contribution in [0.15, 0.2) is 9.95 Å². The van der Waals surface area contributed by atoms with E-state index in [1.165, 1.54) is 18.9 Å². The Balaban J connectivity index is 1.87. The molecule has 0 spiro atoms. The lowest BCUT2D eigenvalue weighted by Gasteiger charge is -2.08. The summed E-state index contributed by atoms with van der Waals surface area (Å²) >= 11 is 1.43. The molecule has 1 aromatic heterocycles. The van der Waals surface area contributed by atoms with E-state index >= 15 is 0 Å². The molecular formula is C10H16N4O3S. The Hall–Kier alpha value is -1.28. The Morgan fingerprint density at radius 2 is 2.44 bits per heavy atom. The summed E-state index contributed by atoms with van der Waals surface area (Å²) in [5.41, 5.74) is 5.45. The molecule has 1 aliphatic rings. The molecule has 3 N–H and O–H groups in total. The van der Waals surface area contributed by atoms with Crippen molar-refractivity contribution >= 4 is 17.7 Å². The van der Waals surface area contributed by atoms with Crippen molar-refractivity contribution in [2.24, 2.45) is 5.73 Å². The predicted octanol–water partition coefficient (Wildman–Crippen LogP) is -0.111. The standard InChI is InChI=1S/C10H16N4O3S/c1-17-8(15)7(11)4-5-18-10-13-12-9(16)14(10)6-2-3-6/h6-7H,2-5,11H2,1H3,(H,12,16). The Morgan fingerprint density at radius 1 is 1.72 bits per heavy atom. The number of hydrogen-bond acceptors (Lipinski definition) is 6. The number of ether oxygens (including phenoxy) is 1. The molecule has 0 amide bonds. The van der Waals surface area contributed by atoms with Crippen molar-refractivity contribution in [3.63, 3.8) is 0 Å². The van der Waals surface area contributed by atoms with Gasteiger partial charge in [-0.15, -0.1) is 5.10 Å². The second-order valence-corrected chi connectivity index (χ2v) is 5.24. The minimum Gasteiger partial charge on any atom is -0.468 e. The van der Waals surface area contributed by atoms with Crippen LogP contribution in [0.3, 0.4) is 0 Å². The summed E-state index contributed by atoms with van der Waals surface area (Å²) in [5.74, 6) is 0.199. The van der Waals surface area contributed by atoms with Gasteiger partial charge in [0.05, 0.1) is 7.11 Å². The van der Waals surface area contributed by atoms with E-state index in [2.05, 4.69) is 14.9 Å². The van der Waals surface area contributed by atoms with Gasteiger partial charge in [-0.05, 0) is 19.3 Å². The number of nitrogens with one attached hydrogen (secondary N) is 1. The average Bonchev–Trinajstić information content (AvgIpc) is 3.13. The number of aromatic amines is 1. The van der Waals surface area contributed by atoms with Crippen LogP contribution in [0.5, 0.6) is 0 Å². The second kappa shape index (κ2) is 5.57. The predicted molar refractivity (Wildman–Crippen MR) is 66.5 cm³/mol. The third kappa shape index (κ3) is 2.94. The van der Waals surface area contributed by atoms with Crippen molar-refractivity contribution in [3.05, 3.63) is 10.5 Å². The quantitative estimate of drug-likeness (QED) is 0.553. The van der Waals surface area contributed by atoms with Crippen molar-refractivity contribution < 1.29 is 9.53 Å². The normalized spacial score (nSPS) is 16.6. The molecule has 1 saturated carbocycles. The van der Waals surface area contributed by atoms with Gasteiger partial charge in [0, 0.05) is 11.8 Å². The molecule has 0 saturated heterocycles. The molecule has 0 aromatic carbocycles. The maximum Gasteiger partial charge on any atom is 0.344 e. The van der Waals surface area contributed by atoms with Crippen molar-refractivity contribution in [3.8, 4) is 0 Å². The lowest BCUT2D eigenvalue weighted by Crippen LogP contribution is -2.32. The summed E-state index contributed by atoms with van der Waals surface area (Å²) in [4.78, 5) is 22.6. The molecule has 0 radical (unpaired) electrons. The zero-order valence-corrected chi connectivity index (χ0v) is 10.9. The highest BCUT2D eigenvalue weighted by atomic mass is 32.2. The van der Waals surface area contributed by atoms with Crippen LogP contribution in [0.2, 0.25) is 0 Å². The monoisotopic (exact) mass is 272 g/mol. The number of esters is 1. The van der Waals surface area contributed by atoms with Crippen LogP contribution in [-0.2, 0) is 9.53 Å². The summed E-state index contributed by atoms with van der Waals surface area (Å²) < 4.78 is 6.22. The van der Waals surface area contributed by atoms with E-state index in [0.29, 0.717) is 17.3 Å². The summed E-state index contributed by atoms with van der Waals surface area (Å²) in [6.45, 7) is 0. The number of hydrogen-bond donors (Lipinski definition) is 2. The van der Waals surface area contributed by atoms with Crippen molar-refractivity contribution in [2.45, 2.75) is 36.5 Å². The molecule has 7 nitrogen and oxygen atoms in total. The Morgan fingerprint density at radius 3 is 3.06 bits per heavy atom. The zero-order chi connectivity index (χ0) is 13.1. The van der Waals surface area contributed by atoms with Gasteiger partial charge in [-0.25, -0.2) is 9.89 Å². The fourth-order valence-corrected chi connectivity index (χ4v) is 2.63. The first-order chi connectivity index (χ1) is 8.63. The average molecular weight is 272 g/mol. The third-order valence-electron chi connectivity index (χ3n) is 2.75. The molecule has 1 atom stereocenters. The molecule has 0 bridgehead atoms. The summed E-state index contributed by atoms with van der Waals surface area (Å²) in [6, 6.07) is -0.337. The van der Waals surface area contributed by atoms with Gasteiger partial charge >= 0.3 is 11.7 Å². The van der Waals surface area contributed by atoms with Gasteiger partial charge in [0.2, 0.25) is 0 Å². The van der Waals surface area contributed by atoms with Gasteiger partial charge in [-0.3, -0.25) is 9.36 Å². The number of methoxy groups -OCH3 is 1. The molecule has 1 unspecified atom stereocenters. The molecule has 18 heavy (non-hydrogen) atoms. The number of carbonyl (C=O) groups is 1. The number of nitrogens with zero attached hydrogens (tertiary/aromatic N) is 2. The zero-order valence-electron chi connectivity index (χ0n) is 10.1. The molecule has 2 rings (SSSR count). The first-order valence-corrected chi connectivity index (χ1v) is 6.75. The molecule has 8 heteroatoms. The number of nitrogens with two attached hydrogens (primary N) is 1. The second-order valence-electron chi connectivity index (χ2n) is 4.18. The van der Waals surface area contributed by atoms with E-state index in [1.807, 2.05) is 0 Å². The highest BCUT2D eigenvalue weighted by Gasteiger charge is 2.28. The number of H-pyrrole nitrogens is 1. The van der Waals surface area contributed by atoms with Gasteiger partial charge in [-0.1, -0.05) is 11.8 Å². The summed E-state index contributed by atoms with van der Waals surface area (Å²) in [6.07, 6.45) is 2.53. The highest BCUT2D eigenvalue weighted by Crippen LogP contribution is 2.36. The van der Waals surface area contributed by atoms with Crippen molar-refractivity contribution in [1.29, 1.82) is 0 Å². The van der Waals surface area contributed by atoms with E-state index in [1.54, 1.807) is 4.57 Å². The van der Waals surface area contributed by atoms with Crippen molar-refractivity contribution in [2.75, 3.05) is 12.9 Å². The minimum atomic E-state index is -0.623. The number of carbonyl (C=O) groups excluding carboxylic acids is 1. The maximum atomic E-state index is 11.5. The van der Waals surface area contributed by atoms with Crippen LogP contribution >= 0.6 is 11.8 Å². The maximum absolute atomic E-state index is 11.5. The van der Waals surface area contributed by atoms with Gasteiger partial charge in [-0.2, -0.15) is 0 Å². The molecule has 0 aliphatic heterocycles. The van der Waals surface area contributed by atoms with E-state index in [9.17, 15) is 9.59 Å². The Labute approximate surface area is 108 Å². The topological polar surface area (TPSA) is 103 Å². The molecule has 1 aromatic rings. The number of aromatic nitrogens is 3. The molecule has 1 heterocycles. The fourth-order valence-electron chi connectivity index (χ4n) is 1.59. The number of thioether (sulfide) groups is 1. The first-order valence-electron chi connectivity index (χ1n) is 5.76.